The van der Waals surface area contributed by atoms with Crippen LogP contribution >= 0.6 is 0 Å². The molecule has 4 rings (SSSR count). The fourth-order valence-electron chi connectivity index (χ4n) is 4.20. The van der Waals surface area contributed by atoms with Crippen LogP contribution in [0, 0.1) is 5.92 Å². The van der Waals surface area contributed by atoms with Gasteiger partial charge in [-0.05, 0) is 30.9 Å². The Morgan fingerprint density at radius 1 is 1.28 bits per heavy atom. The minimum absolute atomic E-state index is 0.0233. The highest BCUT2D eigenvalue weighted by molar-refractivity contribution is 5.90. The number of carbonyl (C=O) groups excluding carboxylic acids is 2. The molecule has 2 aromatic rings. The predicted molar refractivity (Wildman–Crippen MR) is 109 cm³/mol. The van der Waals surface area contributed by atoms with Gasteiger partial charge in [0.15, 0.2) is 12.4 Å². The SMILES string of the molecule is CN1C(=O)COc2ccccc2C/C=C/C[C@H]2CN(C(=O)c3ncc[nH]3)CC[C@H]21. The number of likely N-dealkylation sites (N-methyl/N-ethyl adjacent to an activating group) is 1. The number of aromatic amines is 1. The molecule has 0 spiro atoms. The van der Waals surface area contributed by atoms with Crippen LogP contribution in [0.15, 0.2) is 48.8 Å². The summed E-state index contributed by atoms with van der Waals surface area (Å²) in [5.41, 5.74) is 1.06. The maximum atomic E-state index is 12.8. The molecular weight excluding hydrogens is 368 g/mol. The Morgan fingerprint density at radius 2 is 2.14 bits per heavy atom. The first-order valence-corrected chi connectivity index (χ1v) is 10.0. The van der Waals surface area contributed by atoms with E-state index < -0.39 is 0 Å². The van der Waals surface area contributed by atoms with E-state index in [-0.39, 0.29) is 30.4 Å². The average Bonchev–Trinajstić information content (AvgIpc) is 3.29. The zero-order valence-electron chi connectivity index (χ0n) is 16.6. The van der Waals surface area contributed by atoms with E-state index in [1.807, 2.05) is 36.2 Å². The minimum atomic E-state index is -0.0882. The maximum absolute atomic E-state index is 12.8. The van der Waals surface area contributed by atoms with E-state index in [4.69, 9.17) is 4.74 Å². The number of ether oxygens (including phenoxy) is 1. The van der Waals surface area contributed by atoms with Crippen LogP contribution in [0.1, 0.15) is 29.0 Å². The number of para-hydroxylation sites is 1. The Labute approximate surface area is 170 Å². The third kappa shape index (κ3) is 4.18. The van der Waals surface area contributed by atoms with Crippen molar-refractivity contribution < 1.29 is 14.3 Å². The van der Waals surface area contributed by atoms with Gasteiger partial charge in [0, 0.05) is 44.5 Å². The quantitative estimate of drug-likeness (QED) is 0.753. The van der Waals surface area contributed by atoms with Crippen molar-refractivity contribution in [3.05, 3.63) is 60.2 Å². The predicted octanol–water partition coefficient (Wildman–Crippen LogP) is 2.28. The summed E-state index contributed by atoms with van der Waals surface area (Å²) in [6.45, 7) is 1.23. The average molecular weight is 394 g/mol. The molecule has 0 radical (unpaired) electrons. The summed E-state index contributed by atoms with van der Waals surface area (Å²) < 4.78 is 5.83. The van der Waals surface area contributed by atoms with Crippen LogP contribution in [0.4, 0.5) is 0 Å². The molecule has 0 saturated carbocycles. The number of carbonyl (C=O) groups is 2. The molecule has 1 aromatic heterocycles. The van der Waals surface area contributed by atoms with Gasteiger partial charge in [-0.25, -0.2) is 4.98 Å². The van der Waals surface area contributed by atoms with E-state index in [9.17, 15) is 9.59 Å². The van der Waals surface area contributed by atoms with E-state index in [0.29, 0.717) is 18.9 Å². The normalized spacial score (nSPS) is 23.8. The number of H-pyrrole nitrogens is 1. The van der Waals surface area contributed by atoms with Crippen molar-refractivity contribution in [1.82, 2.24) is 19.8 Å². The molecule has 152 valence electrons. The van der Waals surface area contributed by atoms with Gasteiger partial charge in [-0.2, -0.15) is 0 Å². The largest absolute Gasteiger partial charge is 0.483 e. The van der Waals surface area contributed by atoms with Crippen molar-refractivity contribution in [1.29, 1.82) is 0 Å². The molecule has 3 heterocycles. The first kappa shape index (κ1) is 19.2. The molecule has 1 saturated heterocycles. The first-order valence-electron chi connectivity index (χ1n) is 10.0. The molecule has 1 N–H and O–H groups in total. The second kappa shape index (κ2) is 8.51. The Morgan fingerprint density at radius 3 is 2.97 bits per heavy atom. The summed E-state index contributed by atoms with van der Waals surface area (Å²) in [4.78, 5) is 36.1. The number of fused-ring (bicyclic) bond motifs is 2. The van der Waals surface area contributed by atoms with Crippen molar-refractivity contribution in [2.24, 2.45) is 5.92 Å². The monoisotopic (exact) mass is 394 g/mol. The Hall–Kier alpha value is -3.09. The summed E-state index contributed by atoms with van der Waals surface area (Å²) in [5.74, 6) is 1.17. The first-order chi connectivity index (χ1) is 14.1. The van der Waals surface area contributed by atoms with Crippen LogP contribution in [0.5, 0.6) is 5.75 Å². The molecule has 0 bridgehead atoms. The summed E-state index contributed by atoms with van der Waals surface area (Å²) >= 11 is 0. The van der Waals surface area contributed by atoms with Crippen molar-refractivity contribution >= 4 is 11.8 Å². The number of aromatic nitrogens is 2. The van der Waals surface area contributed by atoms with E-state index in [2.05, 4.69) is 22.1 Å². The number of likely N-dealkylation sites (tertiary alicyclic amines) is 1. The standard InChI is InChI=1S/C22H26N4O3/c1-25-18-10-13-26(22(28)21-23-11-12-24-21)14-17(18)8-3-2-6-16-7-4-5-9-19(16)29-15-20(25)27/h2-5,7,9,11-12,17-18H,6,8,10,13-15H2,1H3,(H,23,24)/b3-2+/t17-,18+/m0/s1. The zero-order valence-corrected chi connectivity index (χ0v) is 16.6. The van der Waals surface area contributed by atoms with Crippen LogP contribution in [-0.2, 0) is 11.2 Å². The van der Waals surface area contributed by atoms with Gasteiger partial charge < -0.3 is 19.5 Å². The third-order valence-electron chi connectivity index (χ3n) is 5.84. The van der Waals surface area contributed by atoms with E-state index in [1.54, 1.807) is 17.3 Å². The second-order valence-electron chi connectivity index (χ2n) is 7.62. The van der Waals surface area contributed by atoms with Gasteiger partial charge in [0.2, 0.25) is 0 Å². The highest BCUT2D eigenvalue weighted by Gasteiger charge is 2.35. The van der Waals surface area contributed by atoms with Crippen LogP contribution < -0.4 is 4.74 Å². The lowest BCUT2D eigenvalue weighted by Gasteiger charge is -2.42. The van der Waals surface area contributed by atoms with Gasteiger partial charge in [-0.1, -0.05) is 30.4 Å². The molecule has 0 unspecified atom stereocenters. The Balaban J connectivity index is 1.54. The number of allylic oxidation sites excluding steroid dienone is 2. The number of hydrogen-bond acceptors (Lipinski definition) is 4. The lowest BCUT2D eigenvalue weighted by molar-refractivity contribution is -0.136. The molecule has 7 nitrogen and oxygen atoms in total. The lowest BCUT2D eigenvalue weighted by atomic mass is 9.87. The number of nitrogens with one attached hydrogen (secondary N) is 1. The molecule has 2 atom stereocenters. The van der Waals surface area contributed by atoms with Gasteiger partial charge in [-0.15, -0.1) is 0 Å². The number of rotatable bonds is 1. The van der Waals surface area contributed by atoms with Crippen LogP contribution in [0.3, 0.4) is 0 Å². The van der Waals surface area contributed by atoms with Crippen molar-refractivity contribution in [2.75, 3.05) is 26.7 Å². The number of hydrogen-bond donors (Lipinski definition) is 1. The van der Waals surface area contributed by atoms with Gasteiger partial charge in [-0.3, -0.25) is 9.59 Å². The maximum Gasteiger partial charge on any atom is 0.289 e. The molecule has 2 aliphatic rings. The van der Waals surface area contributed by atoms with Crippen LogP contribution in [0.2, 0.25) is 0 Å². The molecule has 0 aliphatic carbocycles. The number of imidazole rings is 1. The summed E-state index contributed by atoms with van der Waals surface area (Å²) in [7, 11) is 1.84. The number of benzene rings is 1. The van der Waals surface area contributed by atoms with E-state index >= 15 is 0 Å². The van der Waals surface area contributed by atoms with Crippen LogP contribution in [0.25, 0.3) is 0 Å². The fraction of sp³-hybridized carbons (Fsp3) is 0.409. The zero-order chi connectivity index (χ0) is 20.2. The van der Waals surface area contributed by atoms with Crippen molar-refractivity contribution in [2.45, 2.75) is 25.3 Å². The van der Waals surface area contributed by atoms with Gasteiger partial charge in [0.25, 0.3) is 11.8 Å². The van der Waals surface area contributed by atoms with E-state index in [0.717, 1.165) is 30.6 Å². The smallest absolute Gasteiger partial charge is 0.289 e. The molecule has 2 aliphatic heterocycles. The van der Waals surface area contributed by atoms with Crippen LogP contribution in [-0.4, -0.2) is 64.4 Å². The van der Waals surface area contributed by atoms with Gasteiger partial charge in [0.05, 0.1) is 0 Å². The molecular formula is C22H26N4O3. The van der Waals surface area contributed by atoms with Crippen molar-refractivity contribution in [3.63, 3.8) is 0 Å². The van der Waals surface area contributed by atoms with Crippen molar-refractivity contribution in [3.8, 4) is 5.75 Å². The van der Waals surface area contributed by atoms with Gasteiger partial charge >= 0.3 is 0 Å². The second-order valence-corrected chi connectivity index (χ2v) is 7.62. The third-order valence-corrected chi connectivity index (χ3v) is 5.84. The topological polar surface area (TPSA) is 78.5 Å². The summed E-state index contributed by atoms with van der Waals surface area (Å²) in [6.07, 6.45) is 9.86. The Kier molecular flexibility index (Phi) is 5.64. The minimum Gasteiger partial charge on any atom is -0.483 e. The molecule has 2 amide bonds. The molecule has 1 fully saturated rings. The number of amides is 2. The Bertz CT molecular complexity index is 893. The van der Waals surface area contributed by atoms with E-state index in [1.165, 1.54) is 0 Å². The summed E-state index contributed by atoms with van der Waals surface area (Å²) in [6, 6.07) is 7.90. The lowest BCUT2D eigenvalue weighted by Crippen LogP contribution is -2.53. The fourth-order valence-corrected chi connectivity index (χ4v) is 4.20. The number of piperidine rings is 1. The highest BCUT2D eigenvalue weighted by atomic mass is 16.5. The van der Waals surface area contributed by atoms with Gasteiger partial charge in [0.1, 0.15) is 5.75 Å². The molecule has 1 aromatic carbocycles. The number of nitrogens with zero attached hydrogens (tertiary/aromatic N) is 3. The molecule has 29 heavy (non-hydrogen) atoms. The highest BCUT2D eigenvalue weighted by Crippen LogP contribution is 2.27. The summed E-state index contributed by atoms with van der Waals surface area (Å²) in [5, 5.41) is 0. The molecule has 7 heteroatoms.